The van der Waals surface area contributed by atoms with Gasteiger partial charge in [0.15, 0.2) is 0 Å². The van der Waals surface area contributed by atoms with Crippen LogP contribution in [0.5, 0.6) is 11.5 Å². The van der Waals surface area contributed by atoms with Crippen LogP contribution in [0.15, 0.2) is 85.2 Å². The number of carbonyl (C=O) groups is 1. The molecule has 0 atom stereocenters. The fourth-order valence-corrected chi connectivity index (χ4v) is 3.75. The lowest BCUT2D eigenvalue weighted by molar-refractivity contribution is -0.111. The second-order valence-corrected chi connectivity index (χ2v) is 8.42. The number of aromatic nitrogens is 2. The van der Waals surface area contributed by atoms with Gasteiger partial charge in [0.25, 0.3) is 0 Å². The highest BCUT2D eigenvalue weighted by molar-refractivity contribution is 6.31. The summed E-state index contributed by atoms with van der Waals surface area (Å²) < 4.78 is 13.1. The summed E-state index contributed by atoms with van der Waals surface area (Å²) in [5.74, 6) is 1.27. The van der Waals surface area contributed by atoms with Crippen molar-refractivity contribution in [1.82, 2.24) is 9.78 Å². The van der Waals surface area contributed by atoms with Gasteiger partial charge in [0, 0.05) is 22.9 Å². The molecular weight excluding hydrogens is 462 g/mol. The first-order valence-corrected chi connectivity index (χ1v) is 11.5. The molecule has 35 heavy (non-hydrogen) atoms. The van der Waals surface area contributed by atoms with Crippen molar-refractivity contribution in [3.05, 3.63) is 112 Å². The Balaban J connectivity index is 1.37. The number of halogens is 1. The van der Waals surface area contributed by atoms with E-state index < -0.39 is 0 Å². The third-order valence-electron chi connectivity index (χ3n) is 5.31. The van der Waals surface area contributed by atoms with E-state index in [1.807, 2.05) is 73.7 Å². The number of rotatable bonds is 9. The Labute approximate surface area is 209 Å². The topological polar surface area (TPSA) is 65.4 Å². The van der Waals surface area contributed by atoms with E-state index in [-0.39, 0.29) is 5.91 Å². The van der Waals surface area contributed by atoms with Crippen molar-refractivity contribution in [3.8, 4) is 11.5 Å². The lowest BCUT2D eigenvalue weighted by Crippen LogP contribution is -2.07. The second kappa shape index (κ2) is 11.4. The molecule has 3 aromatic carbocycles. The summed E-state index contributed by atoms with van der Waals surface area (Å²) in [5.41, 5.74) is 4.44. The van der Waals surface area contributed by atoms with Gasteiger partial charge in [-0.2, -0.15) is 5.10 Å². The van der Waals surface area contributed by atoms with E-state index in [2.05, 4.69) is 10.4 Å². The third-order valence-corrected chi connectivity index (χ3v) is 5.68. The maximum atomic E-state index is 12.5. The van der Waals surface area contributed by atoms with Gasteiger partial charge in [-0.25, -0.2) is 0 Å². The Kier molecular flexibility index (Phi) is 7.85. The van der Waals surface area contributed by atoms with E-state index in [0.717, 1.165) is 33.8 Å². The summed E-state index contributed by atoms with van der Waals surface area (Å²) in [6, 6.07) is 21.2. The van der Waals surface area contributed by atoms with Crippen LogP contribution in [0.3, 0.4) is 0 Å². The molecule has 1 heterocycles. The van der Waals surface area contributed by atoms with Crippen LogP contribution in [0.4, 0.5) is 5.69 Å². The number of carbonyl (C=O) groups excluding carboxylic acids is 1. The molecule has 6 nitrogen and oxygen atoms in total. The number of anilines is 1. The fourth-order valence-electron chi connectivity index (χ4n) is 3.55. The van der Waals surface area contributed by atoms with Crippen LogP contribution < -0.4 is 14.8 Å². The molecule has 0 aliphatic heterocycles. The number of hydrogen-bond donors (Lipinski definition) is 1. The van der Waals surface area contributed by atoms with Gasteiger partial charge in [0.2, 0.25) is 5.91 Å². The number of methoxy groups -OCH3 is 1. The van der Waals surface area contributed by atoms with E-state index in [0.29, 0.717) is 23.9 Å². The zero-order valence-electron chi connectivity index (χ0n) is 19.6. The van der Waals surface area contributed by atoms with Gasteiger partial charge >= 0.3 is 0 Å². The monoisotopic (exact) mass is 487 g/mol. The van der Waals surface area contributed by atoms with Crippen LogP contribution in [-0.4, -0.2) is 22.8 Å². The zero-order chi connectivity index (χ0) is 24.6. The van der Waals surface area contributed by atoms with Crippen molar-refractivity contribution in [2.24, 2.45) is 0 Å². The highest BCUT2D eigenvalue weighted by Crippen LogP contribution is 2.23. The average molecular weight is 488 g/mol. The predicted molar refractivity (Wildman–Crippen MR) is 139 cm³/mol. The highest BCUT2D eigenvalue weighted by atomic mass is 35.5. The van der Waals surface area contributed by atoms with E-state index in [1.54, 1.807) is 30.3 Å². The number of hydrogen-bond acceptors (Lipinski definition) is 4. The average Bonchev–Trinajstić information content (AvgIpc) is 3.29. The Hall–Kier alpha value is -4.03. The number of nitrogens with one attached hydrogen (secondary N) is 1. The quantitative estimate of drug-likeness (QED) is 0.288. The number of nitrogens with zero attached hydrogens (tertiary/aromatic N) is 2. The normalized spacial score (nSPS) is 10.9. The number of amides is 1. The van der Waals surface area contributed by atoms with Crippen LogP contribution in [0.1, 0.15) is 22.3 Å². The molecule has 0 unspecified atom stereocenters. The maximum Gasteiger partial charge on any atom is 0.248 e. The van der Waals surface area contributed by atoms with Crippen LogP contribution in [0, 0.1) is 6.92 Å². The molecule has 4 rings (SSSR count). The summed E-state index contributed by atoms with van der Waals surface area (Å²) in [7, 11) is 1.63. The lowest BCUT2D eigenvalue weighted by Gasteiger charge is -2.11. The van der Waals surface area contributed by atoms with Crippen molar-refractivity contribution in [2.45, 2.75) is 20.1 Å². The van der Waals surface area contributed by atoms with Gasteiger partial charge in [-0.3, -0.25) is 9.48 Å². The maximum absolute atomic E-state index is 12.5. The molecular formula is C28H26ClN3O3. The minimum Gasteiger partial charge on any atom is -0.496 e. The lowest BCUT2D eigenvalue weighted by atomic mass is 10.1. The van der Waals surface area contributed by atoms with Gasteiger partial charge in [-0.15, -0.1) is 0 Å². The van der Waals surface area contributed by atoms with Crippen molar-refractivity contribution in [2.75, 3.05) is 12.4 Å². The second-order valence-electron chi connectivity index (χ2n) is 8.02. The minimum atomic E-state index is -0.254. The SMILES string of the molecule is COc1ccc(/C=C/C(=O)Nc2cnn(Cc3ccccc3Cl)c2)cc1COc1cccc(C)c1. The molecule has 0 radical (unpaired) electrons. The molecule has 0 aliphatic rings. The predicted octanol–water partition coefficient (Wildman–Crippen LogP) is 6.13. The van der Waals surface area contributed by atoms with E-state index in [4.69, 9.17) is 21.1 Å². The van der Waals surface area contributed by atoms with Gasteiger partial charge in [0.1, 0.15) is 18.1 Å². The third kappa shape index (κ3) is 6.74. The van der Waals surface area contributed by atoms with E-state index >= 15 is 0 Å². The van der Waals surface area contributed by atoms with E-state index in [1.165, 1.54) is 6.08 Å². The summed E-state index contributed by atoms with van der Waals surface area (Å²) in [4.78, 5) is 12.5. The van der Waals surface area contributed by atoms with Crippen molar-refractivity contribution in [1.29, 1.82) is 0 Å². The van der Waals surface area contributed by atoms with Crippen molar-refractivity contribution < 1.29 is 14.3 Å². The van der Waals surface area contributed by atoms with Crippen molar-refractivity contribution >= 4 is 29.3 Å². The van der Waals surface area contributed by atoms with Crippen LogP contribution >= 0.6 is 11.6 Å². The molecule has 4 aromatic rings. The molecule has 0 saturated heterocycles. The van der Waals surface area contributed by atoms with Gasteiger partial charge in [-0.1, -0.05) is 48.0 Å². The molecule has 178 valence electrons. The molecule has 0 spiro atoms. The molecule has 1 aromatic heterocycles. The molecule has 7 heteroatoms. The fraction of sp³-hybridized carbons (Fsp3) is 0.143. The molecule has 0 bridgehead atoms. The molecule has 0 fully saturated rings. The first-order chi connectivity index (χ1) is 17.0. The Morgan fingerprint density at radius 1 is 1.09 bits per heavy atom. The molecule has 0 aliphatic carbocycles. The number of aryl methyl sites for hydroxylation is 1. The largest absolute Gasteiger partial charge is 0.496 e. The number of ether oxygens (including phenoxy) is 2. The summed E-state index contributed by atoms with van der Waals surface area (Å²) in [6.45, 7) is 2.89. The van der Waals surface area contributed by atoms with Gasteiger partial charge < -0.3 is 14.8 Å². The van der Waals surface area contributed by atoms with Crippen LogP contribution in [0.2, 0.25) is 5.02 Å². The number of benzene rings is 3. The molecule has 1 amide bonds. The Morgan fingerprint density at radius 2 is 1.94 bits per heavy atom. The standard InChI is InChI=1S/C28H26ClN3O3/c1-20-6-5-8-25(14-20)35-19-23-15-21(10-12-27(23)34-2)11-13-28(33)31-24-16-30-32(18-24)17-22-7-3-4-9-26(22)29/h3-16,18H,17,19H2,1-2H3,(H,31,33)/b13-11+. The summed E-state index contributed by atoms with van der Waals surface area (Å²) >= 11 is 6.22. The van der Waals surface area contributed by atoms with Crippen LogP contribution in [0.25, 0.3) is 6.08 Å². The Bertz CT molecular complexity index is 1350. The van der Waals surface area contributed by atoms with Gasteiger partial charge in [0.05, 0.1) is 25.5 Å². The highest BCUT2D eigenvalue weighted by Gasteiger charge is 2.07. The smallest absolute Gasteiger partial charge is 0.248 e. The van der Waals surface area contributed by atoms with Crippen molar-refractivity contribution in [3.63, 3.8) is 0 Å². The van der Waals surface area contributed by atoms with Crippen LogP contribution in [-0.2, 0) is 17.9 Å². The van der Waals surface area contributed by atoms with Gasteiger partial charge in [-0.05, 0) is 60.0 Å². The summed E-state index contributed by atoms with van der Waals surface area (Å²) in [5, 5.41) is 7.81. The zero-order valence-corrected chi connectivity index (χ0v) is 20.3. The first kappa shape index (κ1) is 24.1. The first-order valence-electron chi connectivity index (χ1n) is 11.1. The Morgan fingerprint density at radius 3 is 2.74 bits per heavy atom. The summed E-state index contributed by atoms with van der Waals surface area (Å²) in [6.07, 6.45) is 6.61. The van der Waals surface area contributed by atoms with E-state index in [9.17, 15) is 4.79 Å². The molecule has 0 saturated carbocycles. The minimum absolute atomic E-state index is 0.254. The molecule has 1 N–H and O–H groups in total.